The molecule has 0 spiro atoms. The first-order valence-corrected chi connectivity index (χ1v) is 11.3. The third-order valence-electron chi connectivity index (χ3n) is 4.72. The van der Waals surface area contributed by atoms with E-state index in [9.17, 15) is 26.4 Å². The molecule has 31 heavy (non-hydrogen) atoms. The van der Waals surface area contributed by atoms with E-state index < -0.39 is 21.8 Å². The Hall–Kier alpha value is -2.46. The van der Waals surface area contributed by atoms with Gasteiger partial charge in [0.25, 0.3) is 15.9 Å². The Balaban J connectivity index is 1.69. The number of likely N-dealkylation sites (tertiary alicyclic amines) is 1. The van der Waals surface area contributed by atoms with Gasteiger partial charge in [-0.3, -0.25) is 9.52 Å². The van der Waals surface area contributed by atoms with Gasteiger partial charge in [0.15, 0.2) is 6.61 Å². The molecule has 0 atom stereocenters. The summed E-state index contributed by atoms with van der Waals surface area (Å²) in [6.07, 6.45) is -1.63. The highest BCUT2D eigenvalue weighted by molar-refractivity contribution is 7.92. The molecule has 0 radical (unpaired) electrons. The van der Waals surface area contributed by atoms with Crippen molar-refractivity contribution in [3.63, 3.8) is 0 Å². The van der Waals surface area contributed by atoms with E-state index in [1.165, 1.54) is 18.2 Å². The molecule has 6 nitrogen and oxygen atoms in total. The van der Waals surface area contributed by atoms with E-state index in [1.807, 2.05) is 0 Å². The van der Waals surface area contributed by atoms with E-state index in [4.69, 9.17) is 16.3 Å². The van der Waals surface area contributed by atoms with E-state index in [0.717, 1.165) is 37.5 Å². The molecular weight excluding hydrogens is 457 g/mol. The number of benzene rings is 2. The molecule has 0 aromatic heterocycles. The molecule has 0 bridgehead atoms. The molecule has 2 aromatic rings. The van der Waals surface area contributed by atoms with Gasteiger partial charge in [-0.25, -0.2) is 8.42 Å². The van der Waals surface area contributed by atoms with Crippen LogP contribution in [0, 0.1) is 0 Å². The Kier molecular flexibility index (Phi) is 7.00. The minimum Gasteiger partial charge on any atom is -0.482 e. The second-order valence-electron chi connectivity index (χ2n) is 7.01. The lowest BCUT2D eigenvalue weighted by molar-refractivity contribution is -0.137. The molecule has 1 aliphatic heterocycles. The fourth-order valence-corrected chi connectivity index (χ4v) is 4.49. The highest BCUT2D eigenvalue weighted by Crippen LogP contribution is 2.32. The number of rotatable bonds is 6. The minimum atomic E-state index is -4.60. The summed E-state index contributed by atoms with van der Waals surface area (Å²) in [6, 6.07) is 7.45. The summed E-state index contributed by atoms with van der Waals surface area (Å²) in [4.78, 5) is 13.6. The molecule has 0 aliphatic carbocycles. The molecule has 1 heterocycles. The molecular formula is C20H20ClF3N2O4S. The van der Waals surface area contributed by atoms with Crippen LogP contribution in [-0.4, -0.2) is 38.9 Å². The molecule has 1 fully saturated rings. The molecule has 0 saturated carbocycles. The number of hydrogen-bond donors (Lipinski definition) is 1. The zero-order valence-corrected chi connectivity index (χ0v) is 17.9. The highest BCUT2D eigenvalue weighted by atomic mass is 35.5. The SMILES string of the molecule is O=C(COc1ccc(S(=O)(=O)Nc2cccc(C(F)(F)F)c2)cc1Cl)N1CCCCC1. The van der Waals surface area contributed by atoms with Crippen LogP contribution in [0.15, 0.2) is 47.4 Å². The summed E-state index contributed by atoms with van der Waals surface area (Å²) in [6.45, 7) is 1.12. The third kappa shape index (κ3) is 6.04. The number of nitrogens with zero attached hydrogens (tertiary/aromatic N) is 1. The smallest absolute Gasteiger partial charge is 0.416 e. The van der Waals surface area contributed by atoms with Gasteiger partial charge in [-0.1, -0.05) is 17.7 Å². The van der Waals surface area contributed by atoms with Crippen molar-refractivity contribution in [1.29, 1.82) is 0 Å². The topological polar surface area (TPSA) is 75.7 Å². The quantitative estimate of drug-likeness (QED) is 0.663. The Morgan fingerprint density at radius 3 is 2.45 bits per heavy atom. The summed E-state index contributed by atoms with van der Waals surface area (Å²) in [5, 5.41) is -0.0432. The third-order valence-corrected chi connectivity index (χ3v) is 6.39. The van der Waals surface area contributed by atoms with E-state index in [1.54, 1.807) is 4.90 Å². The first-order valence-electron chi connectivity index (χ1n) is 9.46. The number of hydrogen-bond acceptors (Lipinski definition) is 4. The van der Waals surface area contributed by atoms with Crippen molar-refractivity contribution in [3.05, 3.63) is 53.1 Å². The Labute approximate surface area is 183 Å². The average Bonchev–Trinajstić information content (AvgIpc) is 2.72. The number of nitrogens with one attached hydrogen (secondary N) is 1. The van der Waals surface area contributed by atoms with E-state index >= 15 is 0 Å². The molecule has 168 valence electrons. The zero-order chi connectivity index (χ0) is 22.6. The van der Waals surface area contributed by atoms with Crippen molar-refractivity contribution < 1.29 is 31.1 Å². The molecule has 11 heteroatoms. The van der Waals surface area contributed by atoms with Gasteiger partial charge in [-0.15, -0.1) is 0 Å². The van der Waals surface area contributed by atoms with Gasteiger partial charge in [-0.2, -0.15) is 13.2 Å². The van der Waals surface area contributed by atoms with Gasteiger partial charge >= 0.3 is 6.18 Å². The summed E-state index contributed by atoms with van der Waals surface area (Å²) >= 11 is 6.10. The fourth-order valence-electron chi connectivity index (χ4n) is 3.11. The van der Waals surface area contributed by atoms with Crippen molar-refractivity contribution in [2.45, 2.75) is 30.3 Å². The normalized spacial score (nSPS) is 14.9. The van der Waals surface area contributed by atoms with Crippen molar-refractivity contribution in [2.24, 2.45) is 0 Å². The zero-order valence-electron chi connectivity index (χ0n) is 16.3. The summed E-state index contributed by atoms with van der Waals surface area (Å²) in [5.41, 5.74) is -1.22. The fraction of sp³-hybridized carbons (Fsp3) is 0.350. The second kappa shape index (κ2) is 9.35. The number of piperidine rings is 1. The van der Waals surface area contributed by atoms with Crippen molar-refractivity contribution in [2.75, 3.05) is 24.4 Å². The van der Waals surface area contributed by atoms with E-state index in [0.29, 0.717) is 19.2 Å². The molecule has 1 saturated heterocycles. The lowest BCUT2D eigenvalue weighted by Gasteiger charge is -2.26. The Morgan fingerprint density at radius 2 is 1.81 bits per heavy atom. The maximum atomic E-state index is 12.8. The number of carbonyl (C=O) groups excluding carboxylic acids is 1. The molecule has 1 amide bonds. The number of sulfonamides is 1. The summed E-state index contributed by atoms with van der Waals surface area (Å²) in [7, 11) is -4.20. The van der Waals surface area contributed by atoms with Crippen LogP contribution < -0.4 is 9.46 Å². The molecule has 3 rings (SSSR count). The lowest BCUT2D eigenvalue weighted by Crippen LogP contribution is -2.38. The van der Waals surface area contributed by atoms with Crippen molar-refractivity contribution in [1.82, 2.24) is 4.90 Å². The van der Waals surface area contributed by atoms with E-state index in [-0.39, 0.29) is 33.9 Å². The van der Waals surface area contributed by atoms with Gasteiger partial charge in [0.05, 0.1) is 15.5 Å². The Morgan fingerprint density at radius 1 is 1.10 bits per heavy atom. The van der Waals surface area contributed by atoms with Gasteiger partial charge in [0.1, 0.15) is 5.75 Å². The van der Waals surface area contributed by atoms with Gasteiger partial charge < -0.3 is 9.64 Å². The van der Waals surface area contributed by atoms with Crippen LogP contribution in [0.25, 0.3) is 0 Å². The van der Waals surface area contributed by atoms with Crippen LogP contribution in [0.5, 0.6) is 5.75 Å². The molecule has 2 aromatic carbocycles. The standard InChI is InChI=1S/C20H20ClF3N2O4S/c21-17-12-16(7-8-18(17)30-13-19(27)26-9-2-1-3-10-26)31(28,29)25-15-6-4-5-14(11-15)20(22,23)24/h4-8,11-12,25H,1-3,9-10,13H2. The maximum Gasteiger partial charge on any atom is 0.416 e. The summed E-state index contributed by atoms with van der Waals surface area (Å²) < 4.78 is 71.1. The second-order valence-corrected chi connectivity index (χ2v) is 9.10. The number of anilines is 1. The number of ether oxygens (including phenoxy) is 1. The van der Waals surface area contributed by atoms with Crippen LogP contribution in [0.2, 0.25) is 5.02 Å². The summed E-state index contributed by atoms with van der Waals surface area (Å²) in [5.74, 6) is -0.0521. The van der Waals surface area contributed by atoms with Gasteiger partial charge in [-0.05, 0) is 55.7 Å². The van der Waals surface area contributed by atoms with E-state index in [2.05, 4.69) is 4.72 Å². The molecule has 0 unspecified atom stereocenters. The first kappa shape index (κ1) is 23.2. The number of halogens is 4. The van der Waals surface area contributed by atoms with Crippen LogP contribution >= 0.6 is 11.6 Å². The van der Waals surface area contributed by atoms with Gasteiger partial charge in [0.2, 0.25) is 0 Å². The van der Waals surface area contributed by atoms with Crippen molar-refractivity contribution in [3.8, 4) is 5.75 Å². The molecule has 1 aliphatic rings. The number of amides is 1. The Bertz CT molecular complexity index is 1050. The largest absolute Gasteiger partial charge is 0.482 e. The average molecular weight is 477 g/mol. The number of carbonyl (C=O) groups is 1. The van der Waals surface area contributed by atoms with Gasteiger partial charge in [0, 0.05) is 18.8 Å². The maximum absolute atomic E-state index is 12.8. The van der Waals surface area contributed by atoms with Crippen molar-refractivity contribution >= 4 is 33.2 Å². The number of alkyl halides is 3. The monoisotopic (exact) mass is 476 g/mol. The lowest BCUT2D eigenvalue weighted by atomic mass is 10.1. The minimum absolute atomic E-state index is 0.0432. The highest BCUT2D eigenvalue weighted by Gasteiger charge is 2.30. The predicted octanol–water partition coefficient (Wildman–Crippen LogP) is 4.55. The predicted molar refractivity (Wildman–Crippen MR) is 110 cm³/mol. The van der Waals surface area contributed by atoms with Crippen LogP contribution in [0.3, 0.4) is 0 Å². The first-order chi connectivity index (χ1) is 14.6. The van der Waals surface area contributed by atoms with Crippen LogP contribution in [0.4, 0.5) is 18.9 Å². The molecule has 1 N–H and O–H groups in total. The van der Waals surface area contributed by atoms with Crippen LogP contribution in [-0.2, 0) is 21.0 Å². The van der Waals surface area contributed by atoms with Crippen LogP contribution in [0.1, 0.15) is 24.8 Å².